The average Bonchev–Trinajstić information content (AvgIpc) is 2.50. The molecule has 0 spiro atoms. The summed E-state index contributed by atoms with van der Waals surface area (Å²) in [5.74, 6) is 0.924. The van der Waals surface area contributed by atoms with Crippen molar-refractivity contribution in [1.82, 2.24) is 0 Å². The van der Waals surface area contributed by atoms with Crippen molar-refractivity contribution >= 4 is 9.84 Å². The number of hydrogen-bond acceptors (Lipinski definition) is 4. The Balaban J connectivity index is 2.55. The van der Waals surface area contributed by atoms with E-state index in [1.54, 1.807) is 30.3 Å². The van der Waals surface area contributed by atoms with Crippen LogP contribution in [0.4, 0.5) is 0 Å². The molecule has 0 saturated carbocycles. The molecule has 29 heavy (non-hydrogen) atoms. The first-order valence-corrected chi connectivity index (χ1v) is 11.3. The van der Waals surface area contributed by atoms with E-state index < -0.39 is 21.0 Å². The molecule has 160 valence electrons. The minimum Gasteiger partial charge on any atom is -0.488 e. The first kappa shape index (κ1) is 23.3. The molecule has 0 radical (unpaired) electrons. The average molecular weight is 419 g/mol. The second kappa shape index (κ2) is 7.67. The summed E-state index contributed by atoms with van der Waals surface area (Å²) < 4.78 is 38.5. The van der Waals surface area contributed by atoms with Gasteiger partial charge in [0.1, 0.15) is 22.7 Å². The first-order valence-electron chi connectivity index (χ1n) is 9.86. The maximum absolute atomic E-state index is 13.3. The highest BCUT2D eigenvalue weighted by atomic mass is 32.2. The molecular formula is C24H34O4S. The van der Waals surface area contributed by atoms with Crippen molar-refractivity contribution in [2.24, 2.45) is 0 Å². The van der Waals surface area contributed by atoms with Crippen LogP contribution in [0.2, 0.25) is 0 Å². The van der Waals surface area contributed by atoms with Crippen LogP contribution in [-0.4, -0.2) is 19.6 Å². The van der Waals surface area contributed by atoms with E-state index in [9.17, 15) is 8.42 Å². The Hall–Kier alpha value is -2.01. The summed E-state index contributed by atoms with van der Waals surface area (Å²) in [6.07, 6.45) is 0. The van der Waals surface area contributed by atoms with Gasteiger partial charge in [-0.25, -0.2) is 8.42 Å². The lowest BCUT2D eigenvalue weighted by atomic mass is 9.87. The summed E-state index contributed by atoms with van der Waals surface area (Å²) in [4.78, 5) is 0.405. The SMILES string of the molecule is CC(C)(C)Oc1cc(OC(C)(C)C)cc(S(=O)(=O)c2ccc(C(C)(C)C)cc2)c1. The van der Waals surface area contributed by atoms with E-state index in [0.717, 1.165) is 5.56 Å². The molecule has 0 aliphatic carbocycles. The van der Waals surface area contributed by atoms with Gasteiger partial charge in [0.25, 0.3) is 0 Å². The van der Waals surface area contributed by atoms with Crippen LogP contribution in [0, 0.1) is 0 Å². The molecule has 0 aromatic heterocycles. The van der Waals surface area contributed by atoms with Crippen molar-refractivity contribution in [2.75, 3.05) is 0 Å². The molecule has 0 N–H and O–H groups in total. The van der Waals surface area contributed by atoms with Crippen molar-refractivity contribution in [1.29, 1.82) is 0 Å². The third kappa shape index (κ3) is 6.49. The zero-order chi connectivity index (χ0) is 22.3. The van der Waals surface area contributed by atoms with Gasteiger partial charge in [-0.2, -0.15) is 0 Å². The van der Waals surface area contributed by atoms with Crippen LogP contribution in [0.1, 0.15) is 67.9 Å². The molecule has 0 amide bonds. The maximum atomic E-state index is 13.3. The van der Waals surface area contributed by atoms with Crippen molar-refractivity contribution in [3.05, 3.63) is 48.0 Å². The predicted molar refractivity (Wildman–Crippen MR) is 118 cm³/mol. The minimum atomic E-state index is -3.72. The second-order valence-corrected chi connectivity index (χ2v) is 12.3. The molecule has 0 unspecified atom stereocenters. The Kier molecular flexibility index (Phi) is 6.16. The van der Waals surface area contributed by atoms with Crippen molar-refractivity contribution in [3.63, 3.8) is 0 Å². The largest absolute Gasteiger partial charge is 0.488 e. The Labute approximate surface area is 176 Å². The van der Waals surface area contributed by atoms with Gasteiger partial charge in [0.2, 0.25) is 9.84 Å². The Morgan fingerprint density at radius 1 is 0.621 bits per heavy atom. The van der Waals surface area contributed by atoms with Crippen LogP contribution >= 0.6 is 0 Å². The fraction of sp³-hybridized carbons (Fsp3) is 0.500. The van der Waals surface area contributed by atoms with Crippen LogP contribution in [0.15, 0.2) is 52.3 Å². The molecule has 5 heteroatoms. The Bertz CT molecular complexity index is 918. The molecule has 0 aliphatic rings. The van der Waals surface area contributed by atoms with Gasteiger partial charge >= 0.3 is 0 Å². The highest BCUT2D eigenvalue weighted by Gasteiger charge is 2.24. The van der Waals surface area contributed by atoms with Crippen molar-refractivity contribution in [3.8, 4) is 11.5 Å². The highest BCUT2D eigenvalue weighted by Crippen LogP contribution is 2.33. The van der Waals surface area contributed by atoms with E-state index in [2.05, 4.69) is 20.8 Å². The zero-order valence-corrected chi connectivity index (χ0v) is 19.9. The van der Waals surface area contributed by atoms with E-state index in [1.165, 1.54) is 0 Å². The van der Waals surface area contributed by atoms with Gasteiger partial charge in [0.05, 0.1) is 9.79 Å². The maximum Gasteiger partial charge on any atom is 0.206 e. The number of ether oxygens (including phenoxy) is 2. The third-order valence-corrected chi connectivity index (χ3v) is 5.79. The van der Waals surface area contributed by atoms with E-state index in [-0.39, 0.29) is 15.2 Å². The van der Waals surface area contributed by atoms with Crippen LogP contribution in [-0.2, 0) is 15.3 Å². The van der Waals surface area contributed by atoms with Crippen molar-refractivity contribution < 1.29 is 17.9 Å². The fourth-order valence-corrected chi connectivity index (χ4v) is 4.11. The summed E-state index contributed by atoms with van der Waals surface area (Å²) >= 11 is 0. The number of benzene rings is 2. The van der Waals surface area contributed by atoms with Gasteiger partial charge in [-0.3, -0.25) is 0 Å². The van der Waals surface area contributed by atoms with Crippen LogP contribution in [0.3, 0.4) is 0 Å². The zero-order valence-electron chi connectivity index (χ0n) is 19.1. The molecule has 2 aromatic carbocycles. The molecule has 2 aromatic rings. The minimum absolute atomic E-state index is 0.0452. The summed E-state index contributed by atoms with van der Waals surface area (Å²) in [5, 5.41) is 0. The predicted octanol–water partition coefficient (Wildman–Crippen LogP) is 6.17. The van der Waals surface area contributed by atoms with Gasteiger partial charge in [0.15, 0.2) is 0 Å². The molecule has 0 bridgehead atoms. The molecule has 2 rings (SSSR count). The summed E-state index contributed by atoms with van der Waals surface area (Å²) in [6, 6.07) is 11.9. The second-order valence-electron chi connectivity index (χ2n) is 10.3. The smallest absolute Gasteiger partial charge is 0.206 e. The van der Waals surface area contributed by atoms with Crippen molar-refractivity contribution in [2.45, 2.75) is 88.7 Å². The van der Waals surface area contributed by atoms with Gasteiger partial charge in [0, 0.05) is 6.07 Å². The normalized spacial score (nSPS) is 13.3. The molecule has 0 saturated heterocycles. The molecule has 0 heterocycles. The van der Waals surface area contributed by atoms with Gasteiger partial charge in [-0.15, -0.1) is 0 Å². The molecule has 0 fully saturated rings. The molecule has 0 aliphatic heterocycles. The fourth-order valence-electron chi connectivity index (χ4n) is 2.80. The van der Waals surface area contributed by atoms with Gasteiger partial charge < -0.3 is 9.47 Å². The molecule has 0 atom stereocenters. The highest BCUT2D eigenvalue weighted by molar-refractivity contribution is 7.91. The number of sulfone groups is 1. The third-order valence-electron chi connectivity index (χ3n) is 4.04. The van der Waals surface area contributed by atoms with E-state index in [1.807, 2.05) is 53.7 Å². The van der Waals surface area contributed by atoms with E-state index >= 15 is 0 Å². The lowest BCUT2D eigenvalue weighted by molar-refractivity contribution is 0.120. The van der Waals surface area contributed by atoms with Crippen LogP contribution < -0.4 is 9.47 Å². The Morgan fingerprint density at radius 3 is 1.38 bits per heavy atom. The summed E-state index contributed by atoms with van der Waals surface area (Å²) in [6.45, 7) is 17.8. The summed E-state index contributed by atoms with van der Waals surface area (Å²) in [5.41, 5.74) is 0.111. The van der Waals surface area contributed by atoms with Crippen LogP contribution in [0.5, 0.6) is 11.5 Å². The van der Waals surface area contributed by atoms with Gasteiger partial charge in [-0.05, 0) is 76.8 Å². The lowest BCUT2D eigenvalue weighted by Crippen LogP contribution is -2.24. The number of hydrogen-bond donors (Lipinski definition) is 0. The van der Waals surface area contributed by atoms with E-state index in [4.69, 9.17) is 9.47 Å². The standard InChI is InChI=1S/C24H34O4S/c1-22(2,3)17-10-12-20(13-11-17)29(25,26)21-15-18(27-23(4,5)6)14-19(16-21)28-24(7,8)9/h10-16H,1-9H3. The van der Waals surface area contributed by atoms with E-state index in [0.29, 0.717) is 11.5 Å². The summed E-state index contributed by atoms with van der Waals surface area (Å²) in [7, 11) is -3.72. The first-order chi connectivity index (χ1) is 13.0. The quantitative estimate of drug-likeness (QED) is 0.596. The number of rotatable bonds is 4. The lowest BCUT2D eigenvalue weighted by Gasteiger charge is -2.25. The Morgan fingerprint density at radius 2 is 1.03 bits per heavy atom. The monoisotopic (exact) mass is 418 g/mol. The molecular weight excluding hydrogens is 384 g/mol. The molecule has 4 nitrogen and oxygen atoms in total. The topological polar surface area (TPSA) is 52.6 Å². The van der Waals surface area contributed by atoms with Crippen LogP contribution in [0.25, 0.3) is 0 Å². The van der Waals surface area contributed by atoms with Gasteiger partial charge in [-0.1, -0.05) is 32.9 Å².